The molecule has 0 unspecified atom stereocenters. The Kier molecular flexibility index (Phi) is 3.20. The molecule has 0 aliphatic rings. The van der Waals surface area contributed by atoms with Crippen molar-refractivity contribution >= 4 is 0 Å². The molecule has 0 amide bonds. The standard InChI is InChI=1S/C13H16N2/c1-11-7-8-13(15-11)10-14-9-12-5-3-2-4-6-12/h2-8,14-15H,9-10H2,1H3. The van der Waals surface area contributed by atoms with Gasteiger partial charge in [-0.3, -0.25) is 0 Å². The minimum Gasteiger partial charge on any atom is -0.361 e. The monoisotopic (exact) mass is 200 g/mol. The average molecular weight is 200 g/mol. The Bertz CT molecular complexity index is 403. The first-order chi connectivity index (χ1) is 7.34. The number of rotatable bonds is 4. The lowest BCUT2D eigenvalue weighted by Crippen LogP contribution is -2.12. The van der Waals surface area contributed by atoms with Gasteiger partial charge in [0.15, 0.2) is 0 Å². The van der Waals surface area contributed by atoms with Crippen molar-refractivity contribution in [2.24, 2.45) is 0 Å². The van der Waals surface area contributed by atoms with E-state index < -0.39 is 0 Å². The molecule has 2 aromatic rings. The van der Waals surface area contributed by atoms with E-state index in [4.69, 9.17) is 0 Å². The summed E-state index contributed by atoms with van der Waals surface area (Å²) in [5.74, 6) is 0. The van der Waals surface area contributed by atoms with Crippen LogP contribution in [0.5, 0.6) is 0 Å². The molecule has 1 aromatic heterocycles. The van der Waals surface area contributed by atoms with Crippen LogP contribution in [0.4, 0.5) is 0 Å². The number of hydrogen-bond donors (Lipinski definition) is 2. The topological polar surface area (TPSA) is 27.8 Å². The van der Waals surface area contributed by atoms with Crippen molar-refractivity contribution in [2.75, 3.05) is 0 Å². The third kappa shape index (κ3) is 2.96. The molecule has 0 atom stereocenters. The molecule has 0 radical (unpaired) electrons. The third-order valence-corrected chi connectivity index (χ3v) is 2.38. The number of hydrogen-bond acceptors (Lipinski definition) is 1. The largest absolute Gasteiger partial charge is 0.361 e. The third-order valence-electron chi connectivity index (χ3n) is 2.38. The van der Waals surface area contributed by atoms with Gasteiger partial charge in [-0.05, 0) is 24.6 Å². The van der Waals surface area contributed by atoms with Gasteiger partial charge in [0.2, 0.25) is 0 Å². The molecule has 0 spiro atoms. The number of aromatic nitrogens is 1. The minimum absolute atomic E-state index is 0.892. The first-order valence-electron chi connectivity index (χ1n) is 5.24. The molecule has 0 aliphatic carbocycles. The van der Waals surface area contributed by atoms with Crippen LogP contribution in [0.3, 0.4) is 0 Å². The van der Waals surface area contributed by atoms with Crippen molar-refractivity contribution in [2.45, 2.75) is 20.0 Å². The Morgan fingerprint density at radius 1 is 1.00 bits per heavy atom. The summed E-state index contributed by atoms with van der Waals surface area (Å²) in [6.45, 7) is 3.88. The Morgan fingerprint density at radius 2 is 1.80 bits per heavy atom. The van der Waals surface area contributed by atoms with Crippen molar-refractivity contribution in [3.05, 3.63) is 59.4 Å². The lowest BCUT2D eigenvalue weighted by molar-refractivity contribution is 0.682. The highest BCUT2D eigenvalue weighted by atomic mass is 14.9. The van der Waals surface area contributed by atoms with Crippen LogP contribution in [0.2, 0.25) is 0 Å². The van der Waals surface area contributed by atoms with Crippen LogP contribution in [0.1, 0.15) is 17.0 Å². The molecular weight excluding hydrogens is 184 g/mol. The maximum absolute atomic E-state index is 3.40. The highest BCUT2D eigenvalue weighted by Crippen LogP contribution is 2.01. The molecule has 0 saturated carbocycles. The second-order valence-electron chi connectivity index (χ2n) is 3.76. The van der Waals surface area contributed by atoms with E-state index in [0.717, 1.165) is 13.1 Å². The molecule has 2 rings (SSSR count). The number of nitrogens with one attached hydrogen (secondary N) is 2. The van der Waals surface area contributed by atoms with Crippen LogP contribution in [0, 0.1) is 6.92 Å². The number of aromatic amines is 1. The summed E-state index contributed by atoms with van der Waals surface area (Å²) < 4.78 is 0. The van der Waals surface area contributed by atoms with E-state index in [9.17, 15) is 0 Å². The fourth-order valence-electron chi connectivity index (χ4n) is 1.60. The molecule has 1 aromatic carbocycles. The van der Waals surface area contributed by atoms with E-state index in [1.807, 2.05) is 6.07 Å². The Labute approximate surface area is 90.3 Å². The normalized spacial score (nSPS) is 10.5. The van der Waals surface area contributed by atoms with Crippen molar-refractivity contribution in [1.82, 2.24) is 10.3 Å². The number of benzene rings is 1. The predicted molar refractivity (Wildman–Crippen MR) is 62.5 cm³/mol. The predicted octanol–water partition coefficient (Wildman–Crippen LogP) is 2.61. The summed E-state index contributed by atoms with van der Waals surface area (Å²) >= 11 is 0. The zero-order chi connectivity index (χ0) is 10.5. The first-order valence-corrected chi connectivity index (χ1v) is 5.24. The van der Waals surface area contributed by atoms with Crippen molar-refractivity contribution in [1.29, 1.82) is 0 Å². The molecule has 2 nitrogen and oxygen atoms in total. The van der Waals surface area contributed by atoms with E-state index in [2.05, 4.69) is 53.6 Å². The van der Waals surface area contributed by atoms with Gasteiger partial charge in [0.1, 0.15) is 0 Å². The molecule has 2 N–H and O–H groups in total. The molecular formula is C13H16N2. The molecule has 0 bridgehead atoms. The molecule has 1 heterocycles. The van der Waals surface area contributed by atoms with E-state index in [1.54, 1.807) is 0 Å². The Balaban J connectivity index is 1.80. The molecule has 0 aliphatic heterocycles. The lowest BCUT2D eigenvalue weighted by Gasteiger charge is -2.03. The van der Waals surface area contributed by atoms with Crippen LogP contribution in [-0.2, 0) is 13.1 Å². The second-order valence-corrected chi connectivity index (χ2v) is 3.76. The van der Waals surface area contributed by atoms with Gasteiger partial charge in [-0.25, -0.2) is 0 Å². The van der Waals surface area contributed by atoms with Gasteiger partial charge in [-0.15, -0.1) is 0 Å². The van der Waals surface area contributed by atoms with Crippen LogP contribution in [0.15, 0.2) is 42.5 Å². The molecule has 15 heavy (non-hydrogen) atoms. The van der Waals surface area contributed by atoms with Gasteiger partial charge in [0.05, 0.1) is 0 Å². The fraction of sp³-hybridized carbons (Fsp3) is 0.231. The highest BCUT2D eigenvalue weighted by molar-refractivity contribution is 5.15. The summed E-state index contributed by atoms with van der Waals surface area (Å²) in [5, 5.41) is 3.40. The summed E-state index contributed by atoms with van der Waals surface area (Å²) in [6, 6.07) is 14.6. The minimum atomic E-state index is 0.892. The van der Waals surface area contributed by atoms with Gasteiger partial charge >= 0.3 is 0 Å². The molecule has 78 valence electrons. The maximum Gasteiger partial charge on any atom is 0.0360 e. The van der Waals surface area contributed by atoms with Crippen LogP contribution >= 0.6 is 0 Å². The maximum atomic E-state index is 3.40. The lowest BCUT2D eigenvalue weighted by atomic mass is 10.2. The summed E-state index contributed by atoms with van der Waals surface area (Å²) in [6.07, 6.45) is 0. The first kappa shape index (κ1) is 9.99. The van der Waals surface area contributed by atoms with Crippen molar-refractivity contribution in [3.63, 3.8) is 0 Å². The van der Waals surface area contributed by atoms with E-state index >= 15 is 0 Å². The quantitative estimate of drug-likeness (QED) is 0.780. The second kappa shape index (κ2) is 4.80. The molecule has 0 fully saturated rings. The SMILES string of the molecule is Cc1ccc(CNCc2ccccc2)[nH]1. The Morgan fingerprint density at radius 3 is 2.47 bits per heavy atom. The van der Waals surface area contributed by atoms with Crippen molar-refractivity contribution < 1.29 is 0 Å². The van der Waals surface area contributed by atoms with Gasteiger partial charge < -0.3 is 10.3 Å². The van der Waals surface area contributed by atoms with E-state index in [0.29, 0.717) is 0 Å². The van der Waals surface area contributed by atoms with Gasteiger partial charge in [-0.1, -0.05) is 30.3 Å². The number of H-pyrrole nitrogens is 1. The van der Waals surface area contributed by atoms with Crippen molar-refractivity contribution in [3.8, 4) is 0 Å². The summed E-state index contributed by atoms with van der Waals surface area (Å²) in [7, 11) is 0. The van der Waals surface area contributed by atoms with E-state index in [-0.39, 0.29) is 0 Å². The van der Waals surface area contributed by atoms with E-state index in [1.165, 1.54) is 17.0 Å². The number of aryl methyl sites for hydroxylation is 1. The van der Waals surface area contributed by atoms with Crippen LogP contribution < -0.4 is 5.32 Å². The van der Waals surface area contributed by atoms with Crippen LogP contribution in [-0.4, -0.2) is 4.98 Å². The zero-order valence-corrected chi connectivity index (χ0v) is 8.96. The van der Waals surface area contributed by atoms with Gasteiger partial charge in [0.25, 0.3) is 0 Å². The van der Waals surface area contributed by atoms with Gasteiger partial charge in [-0.2, -0.15) is 0 Å². The Hall–Kier alpha value is -1.54. The zero-order valence-electron chi connectivity index (χ0n) is 8.96. The summed E-state index contributed by atoms with van der Waals surface area (Å²) in [5.41, 5.74) is 3.77. The summed E-state index contributed by atoms with van der Waals surface area (Å²) in [4.78, 5) is 3.30. The van der Waals surface area contributed by atoms with Crippen LogP contribution in [0.25, 0.3) is 0 Å². The molecule has 2 heteroatoms. The molecule has 0 saturated heterocycles. The smallest absolute Gasteiger partial charge is 0.0360 e. The fourth-order valence-corrected chi connectivity index (χ4v) is 1.60. The highest BCUT2D eigenvalue weighted by Gasteiger charge is 1.95. The average Bonchev–Trinajstić information content (AvgIpc) is 2.66. The van der Waals surface area contributed by atoms with Gasteiger partial charge in [0, 0.05) is 24.5 Å².